The van der Waals surface area contributed by atoms with Gasteiger partial charge in [-0.05, 0) is 18.1 Å². The Morgan fingerprint density at radius 1 is 1.00 bits per heavy atom. The summed E-state index contributed by atoms with van der Waals surface area (Å²) in [6.45, 7) is -0.302. The molecule has 7 N–H and O–H groups in total. The molecule has 1 fully saturated rings. The summed E-state index contributed by atoms with van der Waals surface area (Å²) in [6.07, 6.45) is -13.8. The molecule has 0 saturated carbocycles. The van der Waals surface area contributed by atoms with Crippen molar-refractivity contribution in [3.63, 3.8) is 0 Å². The van der Waals surface area contributed by atoms with Gasteiger partial charge in [0.25, 0.3) is 0 Å². The number of carbonyl (C=O) groups is 2. The first-order valence-corrected chi connectivity index (χ1v) is 11.8. The van der Waals surface area contributed by atoms with Crippen LogP contribution in [0.2, 0.25) is 0 Å². The van der Waals surface area contributed by atoms with E-state index in [1.165, 1.54) is 4.90 Å². The van der Waals surface area contributed by atoms with E-state index < -0.39 is 78.1 Å². The second-order valence-electron chi connectivity index (χ2n) is 9.19. The van der Waals surface area contributed by atoms with Crippen LogP contribution < -0.4 is 5.73 Å². The zero-order valence-corrected chi connectivity index (χ0v) is 20.7. The molecular formula is C22H25F6N5O8. The van der Waals surface area contributed by atoms with Gasteiger partial charge in [-0.2, -0.15) is 13.2 Å². The second kappa shape index (κ2) is 12.7. The Morgan fingerprint density at radius 2 is 1.63 bits per heavy atom. The van der Waals surface area contributed by atoms with Crippen LogP contribution >= 0.6 is 0 Å². The number of alkyl halides is 3. The van der Waals surface area contributed by atoms with Crippen molar-refractivity contribution in [2.24, 2.45) is 5.73 Å². The smallest absolute Gasteiger partial charge is 0.451 e. The second-order valence-corrected chi connectivity index (χ2v) is 9.19. The Morgan fingerprint density at radius 3 is 2.24 bits per heavy atom. The van der Waals surface area contributed by atoms with E-state index in [0.717, 1.165) is 4.57 Å². The number of carboxylic acid groups (broad SMARTS) is 1. The van der Waals surface area contributed by atoms with E-state index in [2.05, 4.69) is 14.9 Å². The minimum absolute atomic E-state index is 0.000783. The standard InChI is InChI=1S/C16H15F6N5O.C6H10O7/c17-10-6-12(19)11(18)4-8(10)3-9(23)5-14(28)26-1-2-27-13(7-26)24-25-15(27)16(20,21)22;7-1-2(8)4(5(10)11)13-6(12)3(1)9/h4,6,9H,1-3,5,7,23H2;1-4,6-9,12H,(H,10,11)/t9-;1-,2-,3+,4-,6+/m10/s1. The fourth-order valence-electron chi connectivity index (χ4n) is 4.07. The van der Waals surface area contributed by atoms with Gasteiger partial charge < -0.3 is 45.5 Å². The Labute approximate surface area is 226 Å². The number of carboxylic acids is 1. The highest BCUT2D eigenvalue weighted by atomic mass is 19.4. The van der Waals surface area contributed by atoms with Crippen LogP contribution in [0.1, 0.15) is 23.6 Å². The van der Waals surface area contributed by atoms with Gasteiger partial charge in [-0.15, -0.1) is 10.2 Å². The quantitative estimate of drug-likeness (QED) is 0.179. The van der Waals surface area contributed by atoms with E-state index in [4.69, 9.17) is 31.3 Å². The van der Waals surface area contributed by atoms with Gasteiger partial charge in [0.05, 0.1) is 6.54 Å². The SMILES string of the molecule is N[C@@H](CC(=O)N1CCn2c(nnc2C(F)(F)F)C1)Cc1cc(F)c(F)cc1F.O=C(O)[C@H]1O[C@@H](O)[C@H](O)[C@@H](O)[C@@H]1O. The van der Waals surface area contributed by atoms with Crippen molar-refractivity contribution in [1.82, 2.24) is 19.7 Å². The number of aliphatic carboxylic acids is 1. The van der Waals surface area contributed by atoms with Gasteiger partial charge in [0.2, 0.25) is 11.7 Å². The summed E-state index contributed by atoms with van der Waals surface area (Å²) in [7, 11) is 0. The fraction of sp³-hybridized carbons (Fsp3) is 0.545. The first-order valence-electron chi connectivity index (χ1n) is 11.8. The highest BCUT2D eigenvalue weighted by molar-refractivity contribution is 5.77. The molecule has 1 aromatic carbocycles. The van der Waals surface area contributed by atoms with Crippen molar-refractivity contribution < 1.29 is 66.2 Å². The number of aromatic nitrogens is 3. The van der Waals surface area contributed by atoms with Gasteiger partial charge >= 0.3 is 12.1 Å². The van der Waals surface area contributed by atoms with Crippen molar-refractivity contribution in [3.05, 3.63) is 46.8 Å². The number of hydrogen-bond acceptors (Lipinski definition) is 10. The molecule has 0 bridgehead atoms. The third-order valence-electron chi connectivity index (χ3n) is 6.20. The van der Waals surface area contributed by atoms with E-state index in [1.54, 1.807) is 0 Å². The molecule has 228 valence electrons. The molecule has 2 aliphatic rings. The van der Waals surface area contributed by atoms with E-state index in [-0.39, 0.29) is 43.9 Å². The summed E-state index contributed by atoms with van der Waals surface area (Å²) in [4.78, 5) is 24.0. The average molecular weight is 601 g/mol. The molecule has 41 heavy (non-hydrogen) atoms. The number of benzene rings is 1. The molecule has 1 saturated heterocycles. The van der Waals surface area contributed by atoms with Crippen LogP contribution in [0.15, 0.2) is 12.1 Å². The largest absolute Gasteiger partial charge is 0.479 e. The summed E-state index contributed by atoms with van der Waals surface area (Å²) in [5.74, 6) is -6.66. The summed E-state index contributed by atoms with van der Waals surface area (Å²) < 4.78 is 83.6. The molecule has 2 aromatic rings. The molecule has 19 heteroatoms. The highest BCUT2D eigenvalue weighted by Crippen LogP contribution is 2.29. The number of carbonyl (C=O) groups excluding carboxylic acids is 1. The lowest BCUT2D eigenvalue weighted by atomic mass is 9.99. The lowest BCUT2D eigenvalue weighted by Crippen LogP contribution is -2.59. The van der Waals surface area contributed by atoms with Gasteiger partial charge in [0.1, 0.15) is 24.1 Å². The summed E-state index contributed by atoms with van der Waals surface area (Å²) >= 11 is 0. The number of amides is 1. The molecule has 0 aliphatic carbocycles. The third-order valence-corrected chi connectivity index (χ3v) is 6.20. The van der Waals surface area contributed by atoms with Crippen molar-refractivity contribution in [2.75, 3.05) is 6.54 Å². The van der Waals surface area contributed by atoms with E-state index >= 15 is 0 Å². The van der Waals surface area contributed by atoms with Crippen LogP contribution in [0, 0.1) is 17.5 Å². The van der Waals surface area contributed by atoms with Crippen LogP contribution in [0.25, 0.3) is 0 Å². The first-order chi connectivity index (χ1) is 19.0. The van der Waals surface area contributed by atoms with Crippen molar-refractivity contribution >= 4 is 11.9 Å². The van der Waals surface area contributed by atoms with Crippen molar-refractivity contribution in [2.45, 2.75) is 68.9 Å². The predicted octanol–water partition coefficient (Wildman–Crippen LogP) is -1.11. The highest BCUT2D eigenvalue weighted by Gasteiger charge is 2.46. The molecule has 3 heterocycles. The monoisotopic (exact) mass is 601 g/mol. The number of nitrogens with two attached hydrogens (primary N) is 1. The average Bonchev–Trinajstić information content (AvgIpc) is 3.32. The topological polar surface area (TPSA) is 204 Å². The Balaban J connectivity index is 0.000000298. The van der Waals surface area contributed by atoms with E-state index in [9.17, 15) is 35.9 Å². The molecule has 2 aliphatic heterocycles. The molecule has 13 nitrogen and oxygen atoms in total. The number of ether oxygens (including phenoxy) is 1. The Hall–Kier alpha value is -3.36. The zero-order valence-electron chi connectivity index (χ0n) is 20.7. The number of nitrogens with zero attached hydrogens (tertiary/aromatic N) is 4. The molecule has 0 spiro atoms. The maximum absolute atomic E-state index is 13.7. The van der Waals surface area contributed by atoms with Crippen molar-refractivity contribution in [3.8, 4) is 0 Å². The van der Waals surface area contributed by atoms with Crippen LogP contribution in [0.3, 0.4) is 0 Å². The van der Waals surface area contributed by atoms with E-state index in [1.807, 2.05) is 0 Å². The number of halogens is 6. The lowest BCUT2D eigenvalue weighted by Gasteiger charge is -2.36. The van der Waals surface area contributed by atoms with E-state index in [0.29, 0.717) is 12.1 Å². The molecule has 6 atom stereocenters. The van der Waals surface area contributed by atoms with Crippen LogP contribution in [-0.4, -0.2) is 100 Å². The lowest BCUT2D eigenvalue weighted by molar-refractivity contribution is -0.279. The maximum atomic E-state index is 13.7. The molecule has 4 rings (SSSR count). The fourth-order valence-corrected chi connectivity index (χ4v) is 4.07. The molecule has 0 radical (unpaired) electrons. The maximum Gasteiger partial charge on any atom is 0.451 e. The van der Waals surface area contributed by atoms with Crippen molar-refractivity contribution in [1.29, 1.82) is 0 Å². The molecule has 1 aromatic heterocycles. The number of aliphatic hydroxyl groups is 4. The Bertz CT molecular complexity index is 1260. The molecular weight excluding hydrogens is 576 g/mol. The number of hydrogen-bond donors (Lipinski definition) is 6. The van der Waals surface area contributed by atoms with Gasteiger partial charge in [-0.3, -0.25) is 4.79 Å². The Kier molecular flexibility index (Phi) is 9.93. The summed E-state index contributed by atoms with van der Waals surface area (Å²) in [6, 6.07) is 0.184. The van der Waals surface area contributed by atoms with Gasteiger partial charge in [-0.1, -0.05) is 0 Å². The van der Waals surface area contributed by atoms with Crippen LogP contribution in [0.4, 0.5) is 26.3 Å². The minimum atomic E-state index is -4.64. The summed E-state index contributed by atoms with van der Waals surface area (Å²) in [5.41, 5.74) is 5.64. The van der Waals surface area contributed by atoms with Crippen LogP contribution in [-0.2, 0) is 40.0 Å². The number of rotatable bonds is 5. The normalized spacial score (nSPS) is 25.1. The molecule has 0 unspecified atom stereocenters. The predicted molar refractivity (Wildman–Crippen MR) is 120 cm³/mol. The van der Waals surface area contributed by atoms with Gasteiger partial charge in [0, 0.05) is 31.6 Å². The number of aliphatic hydroxyl groups excluding tert-OH is 4. The first kappa shape index (κ1) is 32.2. The van der Waals surface area contributed by atoms with Gasteiger partial charge in [0.15, 0.2) is 29.9 Å². The molecule has 1 amide bonds. The summed E-state index contributed by atoms with van der Waals surface area (Å²) in [5, 5.41) is 51.0. The minimum Gasteiger partial charge on any atom is -0.479 e. The third kappa shape index (κ3) is 7.49. The number of fused-ring (bicyclic) bond motifs is 1. The van der Waals surface area contributed by atoms with Gasteiger partial charge in [-0.25, -0.2) is 18.0 Å². The zero-order chi connectivity index (χ0) is 30.8. The van der Waals surface area contributed by atoms with Crippen LogP contribution in [0.5, 0.6) is 0 Å².